The number of imide groups is 1. The first kappa shape index (κ1) is 17.5. The number of rotatable bonds is 4. The highest BCUT2D eigenvalue weighted by atomic mass is 19.1. The Morgan fingerprint density at radius 2 is 1.96 bits per heavy atom. The maximum Gasteiger partial charge on any atom is 0.371 e. The van der Waals surface area contributed by atoms with E-state index in [0.29, 0.717) is 5.56 Å². The number of hydrogen-bond donors (Lipinski definition) is 2. The molecule has 0 bridgehead atoms. The zero-order chi connectivity index (χ0) is 18.4. The van der Waals surface area contributed by atoms with Crippen LogP contribution in [0.2, 0.25) is 0 Å². The number of esters is 1. The smallest absolute Gasteiger partial charge is 0.371 e. The van der Waals surface area contributed by atoms with Crippen LogP contribution in [-0.4, -0.2) is 53.6 Å². The summed E-state index contributed by atoms with van der Waals surface area (Å²) in [5.41, 5.74) is -0.982. The van der Waals surface area contributed by atoms with Gasteiger partial charge in [0.2, 0.25) is 17.4 Å². The number of carbonyl (C=O) groups excluding carboxylic acids is 3. The monoisotopic (exact) mass is 351 g/mol. The average Bonchev–Trinajstić information content (AvgIpc) is 3.10. The van der Waals surface area contributed by atoms with Crippen LogP contribution in [0.15, 0.2) is 24.3 Å². The Morgan fingerprint density at radius 1 is 1.32 bits per heavy atom. The molecule has 0 spiro atoms. The van der Waals surface area contributed by atoms with Gasteiger partial charge < -0.3 is 15.2 Å². The van der Waals surface area contributed by atoms with E-state index in [2.05, 4.69) is 0 Å². The van der Waals surface area contributed by atoms with Crippen LogP contribution < -0.4 is 5.32 Å². The van der Waals surface area contributed by atoms with Crippen LogP contribution in [-0.2, 0) is 19.1 Å². The summed E-state index contributed by atoms with van der Waals surface area (Å²) in [6.45, 7) is 1.21. The van der Waals surface area contributed by atoms with Gasteiger partial charge in [0, 0.05) is 12.1 Å². The predicted molar refractivity (Wildman–Crippen MR) is 82.3 cm³/mol. The first-order chi connectivity index (χ1) is 11.9. The minimum absolute atomic E-state index is 0.184. The van der Waals surface area contributed by atoms with Crippen LogP contribution in [0.4, 0.5) is 4.39 Å². The number of quaternary nitrogens is 1. The maximum atomic E-state index is 13.2. The quantitative estimate of drug-likeness (QED) is 0.534. The van der Waals surface area contributed by atoms with Gasteiger partial charge in [0.25, 0.3) is 0 Å². The van der Waals surface area contributed by atoms with Crippen molar-refractivity contribution in [3.05, 3.63) is 35.6 Å². The first-order valence-corrected chi connectivity index (χ1v) is 8.07. The van der Waals surface area contributed by atoms with E-state index in [1.807, 2.05) is 0 Å². The lowest BCUT2D eigenvalue weighted by atomic mass is 9.79. The fraction of sp³-hybridized carbons (Fsp3) is 0.471. The number of benzene rings is 1. The van der Waals surface area contributed by atoms with Crippen molar-refractivity contribution in [3.63, 3.8) is 0 Å². The van der Waals surface area contributed by atoms with Gasteiger partial charge in [-0.05, 0) is 19.1 Å². The molecule has 0 saturated carbocycles. The second-order valence-corrected chi connectivity index (χ2v) is 6.36. The molecule has 2 heterocycles. The molecule has 7 nitrogen and oxygen atoms in total. The van der Waals surface area contributed by atoms with E-state index in [1.54, 1.807) is 6.92 Å². The van der Waals surface area contributed by atoms with Crippen LogP contribution in [0, 0.1) is 17.7 Å². The number of halogens is 1. The van der Waals surface area contributed by atoms with Crippen LogP contribution in [0.25, 0.3) is 0 Å². The van der Waals surface area contributed by atoms with E-state index in [-0.39, 0.29) is 12.5 Å². The largest absolute Gasteiger partial charge is 0.464 e. The third-order valence-corrected chi connectivity index (χ3v) is 5.26. The number of nitrogens with zero attached hydrogens (tertiary/aromatic N) is 1. The average molecular weight is 351 g/mol. The summed E-state index contributed by atoms with van der Waals surface area (Å²) in [4.78, 5) is 39.1. The Morgan fingerprint density at radius 3 is 2.48 bits per heavy atom. The topological polar surface area (TPSA) is 101 Å². The van der Waals surface area contributed by atoms with Gasteiger partial charge in [-0.25, -0.2) is 9.18 Å². The summed E-state index contributed by atoms with van der Waals surface area (Å²) in [6.07, 6.45) is 0. The summed E-state index contributed by atoms with van der Waals surface area (Å²) < 4.78 is 18.1. The molecule has 3 rings (SSSR count). The van der Waals surface area contributed by atoms with E-state index in [1.165, 1.54) is 36.7 Å². The van der Waals surface area contributed by atoms with Crippen molar-refractivity contribution >= 4 is 17.8 Å². The minimum atomic E-state index is -1.59. The lowest BCUT2D eigenvalue weighted by molar-refractivity contribution is -0.735. The number of ether oxygens (including phenoxy) is 1. The molecule has 1 aromatic carbocycles. The van der Waals surface area contributed by atoms with Gasteiger partial charge >= 0.3 is 5.97 Å². The van der Waals surface area contributed by atoms with Crippen molar-refractivity contribution in [1.82, 2.24) is 4.90 Å². The predicted octanol–water partition coefficient (Wildman–Crippen LogP) is -1.03. The SMILES string of the molecule is CCN1C(=O)[C@H]2[C@@H](C1=O)[C@](CO)(C(=O)OC)[NH2+][C@H]2c1ccc(F)cc1. The van der Waals surface area contributed by atoms with Gasteiger partial charge in [0.05, 0.1) is 7.11 Å². The van der Waals surface area contributed by atoms with Crippen molar-refractivity contribution < 1.29 is 33.9 Å². The number of likely N-dealkylation sites (tertiary alicyclic amines) is 1. The van der Waals surface area contributed by atoms with Crippen molar-refractivity contribution in [2.24, 2.45) is 11.8 Å². The fourth-order valence-electron chi connectivity index (χ4n) is 4.08. The van der Waals surface area contributed by atoms with Gasteiger partial charge in [-0.15, -0.1) is 0 Å². The Balaban J connectivity index is 2.13. The molecule has 4 atom stereocenters. The van der Waals surface area contributed by atoms with Gasteiger partial charge in [0.1, 0.15) is 30.3 Å². The molecular weight excluding hydrogens is 331 g/mol. The molecule has 0 aliphatic carbocycles. The van der Waals surface area contributed by atoms with Crippen molar-refractivity contribution in [2.75, 3.05) is 20.3 Å². The molecule has 2 aliphatic heterocycles. The van der Waals surface area contributed by atoms with Gasteiger partial charge in [-0.1, -0.05) is 12.1 Å². The molecule has 2 saturated heterocycles. The summed E-state index contributed by atoms with van der Waals surface area (Å²) in [5.74, 6) is -3.89. The second kappa shape index (κ2) is 6.20. The van der Waals surface area contributed by atoms with Gasteiger partial charge in [-0.3, -0.25) is 14.5 Å². The Labute approximate surface area is 143 Å². The number of hydrogen-bond acceptors (Lipinski definition) is 5. The minimum Gasteiger partial charge on any atom is -0.464 e. The standard InChI is InChI=1S/C17H19FN2O5/c1-3-20-14(22)11-12(15(20)23)17(8-21,16(24)25-2)19-13(11)9-4-6-10(18)7-5-9/h4-7,11-13,19,21H,3,8H2,1-2H3/p+1/t11-,12-,13-,17+/m0/s1. The Kier molecular flexibility index (Phi) is 4.34. The highest BCUT2D eigenvalue weighted by Crippen LogP contribution is 2.44. The van der Waals surface area contributed by atoms with Crippen molar-refractivity contribution in [2.45, 2.75) is 18.5 Å². The van der Waals surface area contributed by atoms with Gasteiger partial charge in [-0.2, -0.15) is 0 Å². The molecule has 1 aromatic rings. The Bertz CT molecular complexity index is 722. The van der Waals surface area contributed by atoms with E-state index in [0.717, 1.165) is 4.90 Å². The molecule has 2 fully saturated rings. The maximum absolute atomic E-state index is 13.2. The number of fused-ring (bicyclic) bond motifs is 1. The molecule has 25 heavy (non-hydrogen) atoms. The highest BCUT2D eigenvalue weighted by Gasteiger charge is 2.72. The van der Waals surface area contributed by atoms with Crippen molar-refractivity contribution in [1.29, 1.82) is 0 Å². The van der Waals surface area contributed by atoms with Crippen LogP contribution in [0.5, 0.6) is 0 Å². The fourth-order valence-corrected chi connectivity index (χ4v) is 4.08. The molecular formula is C17H20FN2O5+. The van der Waals surface area contributed by atoms with E-state index in [9.17, 15) is 23.9 Å². The molecule has 0 radical (unpaired) electrons. The number of aliphatic hydroxyl groups excluding tert-OH is 1. The molecule has 0 unspecified atom stereocenters. The zero-order valence-corrected chi connectivity index (χ0v) is 13.9. The van der Waals surface area contributed by atoms with E-state index < -0.39 is 47.7 Å². The normalized spacial score (nSPS) is 31.4. The van der Waals surface area contributed by atoms with Crippen molar-refractivity contribution in [3.8, 4) is 0 Å². The summed E-state index contributed by atoms with van der Waals surface area (Å²) >= 11 is 0. The lowest BCUT2D eigenvalue weighted by Crippen LogP contribution is -2.99. The van der Waals surface area contributed by atoms with Gasteiger partial charge in [0.15, 0.2) is 0 Å². The second-order valence-electron chi connectivity index (χ2n) is 6.36. The molecule has 8 heteroatoms. The molecule has 2 aliphatic rings. The lowest BCUT2D eigenvalue weighted by Gasteiger charge is -2.27. The number of amides is 2. The van der Waals surface area contributed by atoms with Crippen LogP contribution >= 0.6 is 0 Å². The summed E-state index contributed by atoms with van der Waals surface area (Å²) in [5, 5.41) is 11.5. The molecule has 3 N–H and O–H groups in total. The summed E-state index contributed by atoms with van der Waals surface area (Å²) in [7, 11) is 1.17. The molecule has 134 valence electrons. The number of aliphatic hydroxyl groups is 1. The first-order valence-electron chi connectivity index (χ1n) is 8.07. The Hall–Kier alpha value is -2.32. The third-order valence-electron chi connectivity index (χ3n) is 5.26. The molecule has 0 aromatic heterocycles. The van der Waals surface area contributed by atoms with Crippen LogP contribution in [0.3, 0.4) is 0 Å². The van der Waals surface area contributed by atoms with E-state index >= 15 is 0 Å². The van der Waals surface area contributed by atoms with E-state index in [4.69, 9.17) is 4.74 Å². The number of nitrogens with two attached hydrogens (primary N) is 1. The number of methoxy groups -OCH3 is 1. The third kappa shape index (κ3) is 2.36. The van der Waals surface area contributed by atoms with Crippen LogP contribution in [0.1, 0.15) is 18.5 Å². The zero-order valence-electron chi connectivity index (χ0n) is 13.9. The summed E-state index contributed by atoms with van der Waals surface area (Å²) in [6, 6.07) is 4.96. The number of carbonyl (C=O) groups is 3. The highest BCUT2D eigenvalue weighted by molar-refractivity contribution is 6.08. The molecule has 2 amide bonds.